The van der Waals surface area contributed by atoms with Crippen molar-refractivity contribution in [2.75, 3.05) is 0 Å². The minimum atomic E-state index is -0.928. The van der Waals surface area contributed by atoms with Gasteiger partial charge in [-0.2, -0.15) is 0 Å². The van der Waals surface area contributed by atoms with Crippen molar-refractivity contribution in [2.45, 2.75) is 31.8 Å². The molecule has 2 aromatic carbocycles. The zero-order valence-corrected chi connectivity index (χ0v) is 13.5. The highest BCUT2D eigenvalue weighted by Gasteiger charge is 2.23. The van der Waals surface area contributed by atoms with Gasteiger partial charge in [-0.05, 0) is 11.1 Å². The molecular weight excluding hydrogens is 304 g/mol. The van der Waals surface area contributed by atoms with Gasteiger partial charge < -0.3 is 14.6 Å². The average Bonchev–Trinajstić information content (AvgIpc) is 2.61. The van der Waals surface area contributed by atoms with Crippen molar-refractivity contribution in [3.63, 3.8) is 0 Å². The van der Waals surface area contributed by atoms with Gasteiger partial charge in [0.15, 0.2) is 0 Å². The smallest absolute Gasteiger partial charge is 0.306 e. The third kappa shape index (κ3) is 5.99. The van der Waals surface area contributed by atoms with Crippen molar-refractivity contribution < 1.29 is 19.4 Å². The van der Waals surface area contributed by atoms with E-state index in [-0.39, 0.29) is 6.42 Å². The normalized spacial score (nSPS) is 13.2. The van der Waals surface area contributed by atoms with E-state index in [2.05, 4.69) is 6.58 Å². The summed E-state index contributed by atoms with van der Waals surface area (Å²) in [4.78, 5) is 11.1. The van der Waals surface area contributed by atoms with Gasteiger partial charge >= 0.3 is 5.97 Å². The number of carboxylic acid groups (broad SMARTS) is 1. The summed E-state index contributed by atoms with van der Waals surface area (Å²) in [6.45, 7) is 4.47. The number of ether oxygens (including phenoxy) is 2. The maximum atomic E-state index is 11.1. The molecule has 0 spiro atoms. The van der Waals surface area contributed by atoms with E-state index in [1.165, 1.54) is 0 Å². The molecule has 0 aromatic heterocycles. The number of carbonyl (C=O) groups is 1. The van der Waals surface area contributed by atoms with Gasteiger partial charge in [0.25, 0.3) is 0 Å². The third-order valence-corrected chi connectivity index (χ3v) is 3.57. The van der Waals surface area contributed by atoms with Crippen LogP contribution >= 0.6 is 0 Å². The SMILES string of the molecule is C=C[C@H](OCc1ccccc1)[C@H](CC(=O)O)OCc1ccccc1. The summed E-state index contributed by atoms with van der Waals surface area (Å²) in [6, 6.07) is 19.3. The average molecular weight is 326 g/mol. The Morgan fingerprint density at radius 2 is 1.46 bits per heavy atom. The zero-order valence-electron chi connectivity index (χ0n) is 13.5. The Kier molecular flexibility index (Phi) is 7.21. The predicted octanol–water partition coefficient (Wildman–Crippen LogP) is 3.82. The second-order valence-corrected chi connectivity index (χ2v) is 5.43. The second-order valence-electron chi connectivity index (χ2n) is 5.43. The summed E-state index contributed by atoms with van der Waals surface area (Å²) < 4.78 is 11.6. The molecule has 4 nitrogen and oxygen atoms in total. The minimum absolute atomic E-state index is 0.141. The molecule has 2 rings (SSSR count). The van der Waals surface area contributed by atoms with E-state index >= 15 is 0 Å². The summed E-state index contributed by atoms with van der Waals surface area (Å²) in [6.07, 6.45) is 0.369. The van der Waals surface area contributed by atoms with Gasteiger partial charge in [-0.3, -0.25) is 4.79 Å². The molecule has 2 atom stereocenters. The Hall–Kier alpha value is -2.43. The summed E-state index contributed by atoms with van der Waals surface area (Å²) in [5.41, 5.74) is 2.00. The molecule has 0 saturated heterocycles. The molecule has 0 aliphatic carbocycles. The lowest BCUT2D eigenvalue weighted by Gasteiger charge is -2.24. The van der Waals surface area contributed by atoms with E-state index in [1.54, 1.807) is 6.08 Å². The molecular formula is C20H22O4. The van der Waals surface area contributed by atoms with Gasteiger partial charge in [0.2, 0.25) is 0 Å². The van der Waals surface area contributed by atoms with Crippen molar-refractivity contribution in [3.8, 4) is 0 Å². The lowest BCUT2D eigenvalue weighted by Crippen LogP contribution is -2.32. The van der Waals surface area contributed by atoms with E-state index in [4.69, 9.17) is 14.6 Å². The third-order valence-electron chi connectivity index (χ3n) is 3.57. The van der Waals surface area contributed by atoms with Gasteiger partial charge in [-0.15, -0.1) is 6.58 Å². The van der Waals surface area contributed by atoms with Crippen LogP contribution in [0.25, 0.3) is 0 Å². The number of rotatable bonds is 10. The van der Waals surface area contributed by atoms with Gasteiger partial charge in [-0.25, -0.2) is 0 Å². The van der Waals surface area contributed by atoms with Crippen molar-refractivity contribution in [3.05, 3.63) is 84.4 Å². The van der Waals surface area contributed by atoms with Crippen LogP contribution in [0.15, 0.2) is 73.3 Å². The van der Waals surface area contributed by atoms with Crippen LogP contribution < -0.4 is 0 Å². The maximum Gasteiger partial charge on any atom is 0.306 e. The number of carboxylic acids is 1. The summed E-state index contributed by atoms with van der Waals surface area (Å²) in [7, 11) is 0. The van der Waals surface area contributed by atoms with Crippen LogP contribution in [0.5, 0.6) is 0 Å². The first-order valence-corrected chi connectivity index (χ1v) is 7.84. The lowest BCUT2D eigenvalue weighted by atomic mass is 10.1. The molecule has 24 heavy (non-hydrogen) atoms. The van der Waals surface area contributed by atoms with E-state index in [0.29, 0.717) is 13.2 Å². The predicted molar refractivity (Wildman–Crippen MR) is 92.5 cm³/mol. The maximum absolute atomic E-state index is 11.1. The zero-order chi connectivity index (χ0) is 17.2. The Morgan fingerprint density at radius 1 is 0.958 bits per heavy atom. The van der Waals surface area contributed by atoms with Crippen molar-refractivity contribution in [1.82, 2.24) is 0 Å². The molecule has 0 amide bonds. The Bertz CT molecular complexity index is 625. The Morgan fingerprint density at radius 3 is 1.92 bits per heavy atom. The molecule has 0 fully saturated rings. The highest BCUT2D eigenvalue weighted by molar-refractivity contribution is 5.67. The van der Waals surface area contributed by atoms with E-state index in [1.807, 2.05) is 60.7 Å². The van der Waals surface area contributed by atoms with Crippen LogP contribution in [0.2, 0.25) is 0 Å². The number of hydrogen-bond donors (Lipinski definition) is 1. The highest BCUT2D eigenvalue weighted by Crippen LogP contribution is 2.15. The highest BCUT2D eigenvalue weighted by atomic mass is 16.5. The molecule has 4 heteroatoms. The minimum Gasteiger partial charge on any atom is -0.481 e. The lowest BCUT2D eigenvalue weighted by molar-refractivity contribution is -0.144. The van der Waals surface area contributed by atoms with Gasteiger partial charge in [-0.1, -0.05) is 66.7 Å². The Labute approximate surface area is 142 Å². The standard InChI is InChI=1S/C20H22O4/c1-2-18(23-14-16-9-5-3-6-10-16)19(13-20(21)22)24-15-17-11-7-4-8-12-17/h2-12,18-19H,1,13-15H2,(H,21,22)/t18-,19-/m0/s1. The van der Waals surface area contributed by atoms with Crippen LogP contribution in [-0.2, 0) is 27.5 Å². The summed E-state index contributed by atoms with van der Waals surface area (Å²) in [5.74, 6) is -0.928. The number of benzene rings is 2. The first-order valence-electron chi connectivity index (χ1n) is 7.84. The summed E-state index contributed by atoms with van der Waals surface area (Å²) in [5, 5.41) is 9.14. The summed E-state index contributed by atoms with van der Waals surface area (Å²) >= 11 is 0. The van der Waals surface area contributed by atoms with Crippen LogP contribution in [0.1, 0.15) is 17.5 Å². The van der Waals surface area contributed by atoms with Crippen LogP contribution in [-0.4, -0.2) is 23.3 Å². The molecule has 0 bridgehead atoms. The monoisotopic (exact) mass is 326 g/mol. The first-order chi connectivity index (χ1) is 11.7. The van der Waals surface area contributed by atoms with E-state index in [0.717, 1.165) is 11.1 Å². The molecule has 126 valence electrons. The fourth-order valence-electron chi connectivity index (χ4n) is 2.31. The molecule has 0 heterocycles. The molecule has 0 aliphatic heterocycles. The quantitative estimate of drug-likeness (QED) is 0.674. The fraction of sp³-hybridized carbons (Fsp3) is 0.250. The molecule has 0 aliphatic rings. The van der Waals surface area contributed by atoms with E-state index < -0.39 is 18.2 Å². The van der Waals surface area contributed by atoms with Gasteiger partial charge in [0.05, 0.1) is 25.7 Å². The van der Waals surface area contributed by atoms with E-state index in [9.17, 15) is 4.79 Å². The van der Waals surface area contributed by atoms with Crippen LogP contribution in [0, 0.1) is 0 Å². The largest absolute Gasteiger partial charge is 0.481 e. The number of aliphatic carboxylic acids is 1. The van der Waals surface area contributed by atoms with Gasteiger partial charge in [0.1, 0.15) is 6.10 Å². The molecule has 1 N–H and O–H groups in total. The number of hydrogen-bond acceptors (Lipinski definition) is 3. The Balaban J connectivity index is 1.97. The van der Waals surface area contributed by atoms with Crippen LogP contribution in [0.3, 0.4) is 0 Å². The fourth-order valence-corrected chi connectivity index (χ4v) is 2.31. The first kappa shape index (κ1) is 17.9. The molecule has 0 radical (unpaired) electrons. The molecule has 0 unspecified atom stereocenters. The van der Waals surface area contributed by atoms with Gasteiger partial charge in [0, 0.05) is 0 Å². The topological polar surface area (TPSA) is 55.8 Å². The van der Waals surface area contributed by atoms with Crippen molar-refractivity contribution >= 4 is 5.97 Å². The molecule has 0 saturated carbocycles. The van der Waals surface area contributed by atoms with Crippen LogP contribution in [0.4, 0.5) is 0 Å². The second kappa shape index (κ2) is 9.65. The van der Waals surface area contributed by atoms with Crippen molar-refractivity contribution in [2.24, 2.45) is 0 Å². The molecule has 2 aromatic rings. The van der Waals surface area contributed by atoms with Crippen molar-refractivity contribution in [1.29, 1.82) is 0 Å².